The van der Waals surface area contributed by atoms with Crippen LogP contribution in [0.3, 0.4) is 0 Å². The van der Waals surface area contributed by atoms with Gasteiger partial charge in [0.15, 0.2) is 11.5 Å². The lowest BCUT2D eigenvalue weighted by molar-refractivity contribution is -0.129. The first-order chi connectivity index (χ1) is 9.98. The van der Waals surface area contributed by atoms with Crippen LogP contribution in [-0.2, 0) is 4.79 Å². The van der Waals surface area contributed by atoms with Crippen molar-refractivity contribution in [3.05, 3.63) is 12.1 Å². The zero-order valence-corrected chi connectivity index (χ0v) is 13.5. The number of hydrogen-bond donors (Lipinski definition) is 1. The van der Waals surface area contributed by atoms with Crippen molar-refractivity contribution < 1.29 is 14.3 Å². The zero-order valence-electron chi connectivity index (χ0n) is 13.5. The van der Waals surface area contributed by atoms with Crippen molar-refractivity contribution in [3.8, 4) is 11.5 Å². The van der Waals surface area contributed by atoms with E-state index in [0.29, 0.717) is 30.3 Å². The number of carbonyl (C=O) groups excluding carboxylic acids is 1. The van der Waals surface area contributed by atoms with Gasteiger partial charge in [-0.05, 0) is 13.8 Å². The van der Waals surface area contributed by atoms with Crippen LogP contribution in [-0.4, -0.2) is 51.7 Å². The zero-order chi connectivity index (χ0) is 16.0. The van der Waals surface area contributed by atoms with Crippen molar-refractivity contribution in [2.45, 2.75) is 13.8 Å². The first-order valence-electron chi connectivity index (χ1n) is 6.98. The van der Waals surface area contributed by atoms with E-state index in [4.69, 9.17) is 15.2 Å². The van der Waals surface area contributed by atoms with E-state index in [1.54, 1.807) is 31.3 Å². The van der Waals surface area contributed by atoms with E-state index >= 15 is 0 Å². The number of likely N-dealkylation sites (N-methyl/N-ethyl adjacent to an activating group) is 2. The molecule has 6 nitrogen and oxygen atoms in total. The summed E-state index contributed by atoms with van der Waals surface area (Å²) in [4.78, 5) is 15.8. The molecule has 0 spiro atoms. The second-order valence-electron chi connectivity index (χ2n) is 4.69. The highest BCUT2D eigenvalue weighted by atomic mass is 16.5. The molecule has 0 aliphatic heterocycles. The molecule has 0 aliphatic rings. The molecule has 0 heterocycles. The number of nitrogens with two attached hydrogens (primary N) is 1. The number of anilines is 2. The van der Waals surface area contributed by atoms with E-state index in [0.717, 1.165) is 5.69 Å². The van der Waals surface area contributed by atoms with Gasteiger partial charge in [0.25, 0.3) is 0 Å². The highest BCUT2D eigenvalue weighted by Gasteiger charge is 2.17. The number of nitrogens with zero attached hydrogens (tertiary/aromatic N) is 2. The molecule has 0 bridgehead atoms. The van der Waals surface area contributed by atoms with Crippen LogP contribution in [0, 0.1) is 0 Å². The summed E-state index contributed by atoms with van der Waals surface area (Å²) in [5, 5.41) is 0. The van der Waals surface area contributed by atoms with Crippen LogP contribution in [0.25, 0.3) is 0 Å². The fourth-order valence-corrected chi connectivity index (χ4v) is 2.18. The van der Waals surface area contributed by atoms with E-state index in [1.807, 2.05) is 25.8 Å². The van der Waals surface area contributed by atoms with E-state index in [-0.39, 0.29) is 12.5 Å². The normalized spacial score (nSPS) is 10.1. The number of carbonyl (C=O) groups is 1. The first-order valence-corrected chi connectivity index (χ1v) is 6.98. The third kappa shape index (κ3) is 3.93. The number of benzene rings is 1. The monoisotopic (exact) mass is 295 g/mol. The minimum atomic E-state index is 0.0664. The van der Waals surface area contributed by atoms with Gasteiger partial charge in [-0.3, -0.25) is 4.79 Å². The van der Waals surface area contributed by atoms with Crippen LogP contribution in [0.5, 0.6) is 11.5 Å². The molecule has 118 valence electrons. The van der Waals surface area contributed by atoms with Crippen LogP contribution in [0.4, 0.5) is 11.4 Å². The lowest BCUT2D eigenvalue weighted by Crippen LogP contribution is -2.39. The highest BCUT2D eigenvalue weighted by molar-refractivity contribution is 5.83. The van der Waals surface area contributed by atoms with Crippen molar-refractivity contribution in [2.24, 2.45) is 0 Å². The number of ether oxygens (including phenoxy) is 2. The lowest BCUT2D eigenvalue weighted by atomic mass is 10.2. The first kappa shape index (κ1) is 16.9. The molecule has 0 aliphatic carbocycles. The third-order valence-corrected chi connectivity index (χ3v) is 3.43. The van der Waals surface area contributed by atoms with Gasteiger partial charge in [-0.25, -0.2) is 0 Å². The van der Waals surface area contributed by atoms with Gasteiger partial charge in [-0.15, -0.1) is 0 Å². The lowest BCUT2D eigenvalue weighted by Gasteiger charge is -2.26. The average Bonchev–Trinajstić information content (AvgIpc) is 2.47. The average molecular weight is 295 g/mol. The van der Waals surface area contributed by atoms with Gasteiger partial charge in [-0.2, -0.15) is 0 Å². The second kappa shape index (κ2) is 7.61. The molecule has 21 heavy (non-hydrogen) atoms. The Kier molecular flexibility index (Phi) is 6.14. The summed E-state index contributed by atoms with van der Waals surface area (Å²) in [7, 11) is 4.96. The maximum absolute atomic E-state index is 12.2. The van der Waals surface area contributed by atoms with Gasteiger partial charge in [0, 0.05) is 32.3 Å². The van der Waals surface area contributed by atoms with E-state index in [9.17, 15) is 4.79 Å². The van der Waals surface area contributed by atoms with Gasteiger partial charge < -0.3 is 25.0 Å². The quantitative estimate of drug-likeness (QED) is 0.774. The van der Waals surface area contributed by atoms with Crippen molar-refractivity contribution in [3.63, 3.8) is 0 Å². The highest BCUT2D eigenvalue weighted by Crippen LogP contribution is 2.36. The standard InChI is InChI=1S/C15H25N3O3/c1-6-18(7-2)15(19)10-17(3)12-9-14(21-5)13(20-4)8-11(12)16/h8-9H,6-7,10,16H2,1-5H3. The summed E-state index contributed by atoms with van der Waals surface area (Å²) in [5.74, 6) is 1.22. The van der Waals surface area contributed by atoms with Crippen LogP contribution >= 0.6 is 0 Å². The van der Waals surface area contributed by atoms with Crippen LogP contribution in [0.1, 0.15) is 13.8 Å². The molecule has 0 radical (unpaired) electrons. The summed E-state index contributed by atoms with van der Waals surface area (Å²) in [5.41, 5.74) is 7.32. The van der Waals surface area contributed by atoms with Crippen molar-refractivity contribution in [1.82, 2.24) is 4.90 Å². The summed E-state index contributed by atoms with van der Waals surface area (Å²) in [6.07, 6.45) is 0. The van der Waals surface area contributed by atoms with Crippen LogP contribution in [0.15, 0.2) is 12.1 Å². The molecule has 1 aromatic rings. The molecule has 0 fully saturated rings. The second-order valence-corrected chi connectivity index (χ2v) is 4.69. The third-order valence-electron chi connectivity index (χ3n) is 3.43. The maximum Gasteiger partial charge on any atom is 0.242 e. The smallest absolute Gasteiger partial charge is 0.242 e. The Bertz CT molecular complexity index is 487. The topological polar surface area (TPSA) is 68.0 Å². The summed E-state index contributed by atoms with van der Waals surface area (Å²) in [6, 6.07) is 3.48. The van der Waals surface area contributed by atoms with Crippen LogP contribution < -0.4 is 20.1 Å². The van der Waals surface area contributed by atoms with Gasteiger partial charge in [0.1, 0.15) is 0 Å². The molecule has 2 N–H and O–H groups in total. The Morgan fingerprint density at radius 3 is 2.14 bits per heavy atom. The minimum Gasteiger partial charge on any atom is -0.493 e. The molecule has 0 atom stereocenters. The molecule has 6 heteroatoms. The van der Waals surface area contributed by atoms with Gasteiger partial charge in [-0.1, -0.05) is 0 Å². The Labute approximate surface area is 126 Å². The molecule has 0 saturated carbocycles. The van der Waals surface area contributed by atoms with Crippen LogP contribution in [0.2, 0.25) is 0 Å². The van der Waals surface area contributed by atoms with Crippen molar-refractivity contribution in [1.29, 1.82) is 0 Å². The Morgan fingerprint density at radius 2 is 1.67 bits per heavy atom. The van der Waals surface area contributed by atoms with E-state index < -0.39 is 0 Å². The number of rotatable bonds is 7. The predicted molar refractivity (Wildman–Crippen MR) is 85.2 cm³/mol. The Morgan fingerprint density at radius 1 is 1.14 bits per heavy atom. The number of amides is 1. The molecule has 1 amide bonds. The fraction of sp³-hybridized carbons (Fsp3) is 0.533. The molecule has 0 aromatic heterocycles. The SMILES string of the molecule is CCN(CC)C(=O)CN(C)c1cc(OC)c(OC)cc1N. The van der Waals surface area contributed by atoms with Gasteiger partial charge >= 0.3 is 0 Å². The molecular weight excluding hydrogens is 270 g/mol. The van der Waals surface area contributed by atoms with Gasteiger partial charge in [0.2, 0.25) is 5.91 Å². The van der Waals surface area contributed by atoms with Crippen molar-refractivity contribution >= 4 is 17.3 Å². The van der Waals surface area contributed by atoms with E-state index in [2.05, 4.69) is 0 Å². The molecule has 1 aromatic carbocycles. The number of hydrogen-bond acceptors (Lipinski definition) is 5. The van der Waals surface area contributed by atoms with Crippen molar-refractivity contribution in [2.75, 3.05) is 51.5 Å². The largest absolute Gasteiger partial charge is 0.493 e. The summed E-state index contributed by atoms with van der Waals surface area (Å²) < 4.78 is 10.5. The molecule has 0 saturated heterocycles. The summed E-state index contributed by atoms with van der Waals surface area (Å²) in [6.45, 7) is 5.59. The maximum atomic E-state index is 12.2. The minimum absolute atomic E-state index is 0.0664. The summed E-state index contributed by atoms with van der Waals surface area (Å²) >= 11 is 0. The molecular formula is C15H25N3O3. The fourth-order valence-electron chi connectivity index (χ4n) is 2.18. The Hall–Kier alpha value is -2.11. The molecule has 1 rings (SSSR count). The van der Waals surface area contributed by atoms with Gasteiger partial charge in [0.05, 0.1) is 32.1 Å². The Balaban J connectivity index is 2.97. The number of nitrogen functional groups attached to an aromatic ring is 1. The van der Waals surface area contributed by atoms with E-state index in [1.165, 1.54) is 0 Å². The predicted octanol–water partition coefficient (Wildman–Crippen LogP) is 1.59. The molecule has 0 unspecified atom stereocenters. The number of methoxy groups -OCH3 is 2.